The van der Waals surface area contributed by atoms with E-state index in [1.807, 2.05) is 42.5 Å². The van der Waals surface area contributed by atoms with E-state index in [1.165, 1.54) is 6.92 Å². The number of carbonyl (C=O) groups is 2. The van der Waals surface area contributed by atoms with E-state index < -0.39 is 6.04 Å². The monoisotopic (exact) mass is 310 g/mol. The van der Waals surface area contributed by atoms with Gasteiger partial charge in [0.05, 0.1) is 19.3 Å². The van der Waals surface area contributed by atoms with Gasteiger partial charge < -0.3 is 15.0 Å². The summed E-state index contributed by atoms with van der Waals surface area (Å²) in [5.74, 6) is 0.291. The van der Waals surface area contributed by atoms with E-state index in [1.54, 1.807) is 18.1 Å². The smallest absolute Gasteiger partial charge is 0.254 e. The van der Waals surface area contributed by atoms with Crippen LogP contribution in [0.1, 0.15) is 24.1 Å². The molecule has 5 heteroatoms. The summed E-state index contributed by atoms with van der Waals surface area (Å²) in [6, 6.07) is 14.6. The number of benzene rings is 2. The summed E-state index contributed by atoms with van der Waals surface area (Å²) < 4.78 is 5.24. The number of nitrogens with one attached hydrogen (secondary N) is 1. The molecule has 0 aliphatic carbocycles. The van der Waals surface area contributed by atoms with Crippen LogP contribution in [0, 0.1) is 0 Å². The van der Waals surface area contributed by atoms with Crippen LogP contribution in [0.3, 0.4) is 0 Å². The van der Waals surface area contributed by atoms with Crippen LogP contribution in [0.5, 0.6) is 5.75 Å². The van der Waals surface area contributed by atoms with Crippen molar-refractivity contribution in [2.45, 2.75) is 19.5 Å². The van der Waals surface area contributed by atoms with Crippen molar-refractivity contribution in [3.05, 3.63) is 59.7 Å². The number of fused-ring (bicyclic) bond motifs is 1. The summed E-state index contributed by atoms with van der Waals surface area (Å²) in [6.45, 7) is 1.88. The molecule has 23 heavy (non-hydrogen) atoms. The van der Waals surface area contributed by atoms with Gasteiger partial charge in [-0.1, -0.05) is 30.3 Å². The number of hydrogen-bond acceptors (Lipinski definition) is 3. The third-order valence-corrected chi connectivity index (χ3v) is 3.88. The molecule has 0 aromatic heterocycles. The first-order valence-electron chi connectivity index (χ1n) is 7.40. The summed E-state index contributed by atoms with van der Waals surface area (Å²) in [5, 5.41) is 2.73. The molecule has 1 N–H and O–H groups in total. The van der Waals surface area contributed by atoms with Crippen LogP contribution in [0.15, 0.2) is 48.5 Å². The van der Waals surface area contributed by atoms with Crippen LogP contribution in [0.2, 0.25) is 0 Å². The van der Waals surface area contributed by atoms with Gasteiger partial charge in [0, 0.05) is 12.5 Å². The predicted molar refractivity (Wildman–Crippen MR) is 87.2 cm³/mol. The molecule has 3 rings (SSSR count). The summed E-state index contributed by atoms with van der Waals surface area (Å²) in [7, 11) is 1.58. The zero-order valence-corrected chi connectivity index (χ0v) is 13.1. The molecule has 2 aromatic rings. The molecule has 0 unspecified atom stereocenters. The molecule has 5 nitrogen and oxygen atoms in total. The molecule has 0 bridgehead atoms. The van der Waals surface area contributed by atoms with Crippen LogP contribution in [0.25, 0.3) is 0 Å². The molecule has 0 spiro atoms. The van der Waals surface area contributed by atoms with Crippen molar-refractivity contribution in [3.8, 4) is 5.75 Å². The fourth-order valence-electron chi connectivity index (χ4n) is 2.82. The van der Waals surface area contributed by atoms with E-state index in [9.17, 15) is 9.59 Å². The number of rotatable bonds is 4. The third-order valence-electron chi connectivity index (χ3n) is 3.88. The first kappa shape index (κ1) is 15.1. The van der Waals surface area contributed by atoms with E-state index in [4.69, 9.17) is 4.74 Å². The second kappa shape index (κ2) is 6.12. The van der Waals surface area contributed by atoms with Crippen LogP contribution in [-0.4, -0.2) is 18.9 Å². The Bertz CT molecular complexity index is 743. The van der Waals surface area contributed by atoms with Gasteiger partial charge in [0.2, 0.25) is 5.91 Å². The number of methoxy groups -OCH3 is 1. The number of nitrogens with zero attached hydrogens (tertiary/aromatic N) is 1. The molecular formula is C18H18N2O3. The Morgan fingerprint density at radius 2 is 1.96 bits per heavy atom. The lowest BCUT2D eigenvalue weighted by Crippen LogP contribution is -2.36. The summed E-state index contributed by atoms with van der Waals surface area (Å²) >= 11 is 0. The van der Waals surface area contributed by atoms with Gasteiger partial charge in [0.25, 0.3) is 5.91 Å². The number of anilines is 1. The van der Waals surface area contributed by atoms with Gasteiger partial charge in [-0.15, -0.1) is 0 Å². The molecule has 1 atom stereocenters. The molecule has 1 aliphatic rings. The van der Waals surface area contributed by atoms with Crippen LogP contribution in [0.4, 0.5) is 5.69 Å². The highest BCUT2D eigenvalue weighted by molar-refractivity contribution is 6.06. The summed E-state index contributed by atoms with van der Waals surface area (Å²) in [6.07, 6.45) is 0. The van der Waals surface area contributed by atoms with E-state index in [2.05, 4.69) is 5.32 Å². The van der Waals surface area contributed by atoms with Gasteiger partial charge >= 0.3 is 0 Å². The third kappa shape index (κ3) is 2.90. The number of carbonyl (C=O) groups excluding carboxylic acids is 2. The quantitative estimate of drug-likeness (QED) is 0.943. The van der Waals surface area contributed by atoms with Gasteiger partial charge in [-0.25, -0.2) is 0 Å². The van der Waals surface area contributed by atoms with E-state index >= 15 is 0 Å². The second-order valence-corrected chi connectivity index (χ2v) is 5.47. The molecule has 1 aliphatic heterocycles. The second-order valence-electron chi connectivity index (χ2n) is 5.47. The molecule has 2 aromatic carbocycles. The molecule has 0 saturated heterocycles. The van der Waals surface area contributed by atoms with Crippen molar-refractivity contribution in [2.24, 2.45) is 0 Å². The minimum Gasteiger partial charge on any atom is -0.497 e. The molecule has 118 valence electrons. The Kier molecular flexibility index (Phi) is 4.02. The zero-order chi connectivity index (χ0) is 16.4. The Hall–Kier alpha value is -2.82. The first-order valence-corrected chi connectivity index (χ1v) is 7.40. The summed E-state index contributed by atoms with van der Waals surface area (Å²) in [4.78, 5) is 25.9. The van der Waals surface area contributed by atoms with Gasteiger partial charge in [0.15, 0.2) is 0 Å². The highest BCUT2D eigenvalue weighted by Gasteiger charge is 2.38. The lowest BCUT2D eigenvalue weighted by Gasteiger charge is -2.18. The standard InChI is InChI=1S/C18H18N2O3/c1-12(21)19-17-15-10-14(23-2)8-9-16(15)20(18(17)22)11-13-6-4-3-5-7-13/h3-10,17H,11H2,1-2H3,(H,19,21)/t17-/m0/s1. The molecule has 0 radical (unpaired) electrons. The average molecular weight is 310 g/mol. The minimum absolute atomic E-state index is 0.132. The topological polar surface area (TPSA) is 58.6 Å². The maximum Gasteiger partial charge on any atom is 0.254 e. The largest absolute Gasteiger partial charge is 0.497 e. The Morgan fingerprint density at radius 3 is 2.61 bits per heavy atom. The highest BCUT2D eigenvalue weighted by atomic mass is 16.5. The molecule has 2 amide bonds. The van der Waals surface area contributed by atoms with Crippen LogP contribution in [-0.2, 0) is 16.1 Å². The maximum absolute atomic E-state index is 12.8. The lowest BCUT2D eigenvalue weighted by atomic mass is 10.1. The molecular weight excluding hydrogens is 292 g/mol. The van der Waals surface area contributed by atoms with Crippen LogP contribution >= 0.6 is 0 Å². The zero-order valence-electron chi connectivity index (χ0n) is 13.1. The van der Waals surface area contributed by atoms with Crippen molar-refractivity contribution in [1.29, 1.82) is 0 Å². The number of amides is 2. The predicted octanol–water partition coefficient (Wildman–Crippen LogP) is 2.42. The van der Waals surface area contributed by atoms with E-state index in [-0.39, 0.29) is 11.8 Å². The van der Waals surface area contributed by atoms with Crippen molar-refractivity contribution in [2.75, 3.05) is 12.0 Å². The van der Waals surface area contributed by atoms with Crippen molar-refractivity contribution in [3.63, 3.8) is 0 Å². The van der Waals surface area contributed by atoms with Crippen molar-refractivity contribution in [1.82, 2.24) is 5.32 Å². The van der Waals surface area contributed by atoms with E-state index in [0.717, 1.165) is 16.8 Å². The lowest BCUT2D eigenvalue weighted by molar-refractivity contribution is -0.126. The Morgan fingerprint density at radius 1 is 1.22 bits per heavy atom. The van der Waals surface area contributed by atoms with Gasteiger partial charge in [-0.3, -0.25) is 9.59 Å². The van der Waals surface area contributed by atoms with Crippen molar-refractivity contribution >= 4 is 17.5 Å². The van der Waals surface area contributed by atoms with Gasteiger partial charge in [0.1, 0.15) is 11.8 Å². The van der Waals surface area contributed by atoms with Gasteiger partial charge in [-0.05, 0) is 23.8 Å². The minimum atomic E-state index is -0.665. The normalized spacial score (nSPS) is 16.2. The SMILES string of the molecule is COc1ccc2c(c1)[C@H](NC(C)=O)C(=O)N2Cc1ccccc1. The Labute approximate surface area is 134 Å². The highest BCUT2D eigenvalue weighted by Crippen LogP contribution is 2.39. The fraction of sp³-hybridized carbons (Fsp3) is 0.222. The maximum atomic E-state index is 12.8. The van der Waals surface area contributed by atoms with Crippen molar-refractivity contribution < 1.29 is 14.3 Å². The van der Waals surface area contributed by atoms with Gasteiger partial charge in [-0.2, -0.15) is 0 Å². The molecule has 0 fully saturated rings. The first-order chi connectivity index (χ1) is 11.1. The molecule has 0 saturated carbocycles. The summed E-state index contributed by atoms with van der Waals surface area (Å²) in [5.41, 5.74) is 2.60. The molecule has 1 heterocycles. The fourth-order valence-corrected chi connectivity index (χ4v) is 2.82. The van der Waals surface area contributed by atoms with Crippen LogP contribution < -0.4 is 15.0 Å². The Balaban J connectivity index is 1.99. The number of hydrogen-bond donors (Lipinski definition) is 1. The average Bonchev–Trinajstić information content (AvgIpc) is 2.80. The van der Waals surface area contributed by atoms with E-state index in [0.29, 0.717) is 12.3 Å². The number of ether oxygens (including phenoxy) is 1.